The van der Waals surface area contributed by atoms with E-state index in [1.807, 2.05) is 35.2 Å². The molecule has 1 aromatic carbocycles. The van der Waals surface area contributed by atoms with Crippen LogP contribution in [0.3, 0.4) is 0 Å². The Morgan fingerprint density at radius 2 is 1.58 bits per heavy atom. The fraction of sp³-hybridized carbons (Fsp3) is 0.250. The predicted octanol–water partition coefficient (Wildman–Crippen LogP) is 1.65. The first-order chi connectivity index (χ1) is 9.15. The molecule has 0 aliphatic heterocycles. The predicted molar refractivity (Wildman–Crippen MR) is 74.6 cm³/mol. The molecule has 1 heterocycles. The molecule has 0 bridgehead atoms. The average molecular weight is 255 g/mol. The minimum atomic E-state index is 0.0980. The number of amides is 1. The summed E-state index contributed by atoms with van der Waals surface area (Å²) in [5.74, 6) is 0.0980. The fourth-order valence-electron chi connectivity index (χ4n) is 1.84. The number of nitrogens with zero attached hydrogens (tertiary/aromatic N) is 2. The maximum Gasteiger partial charge on any atom is 0.288 e. The highest BCUT2D eigenvalue weighted by molar-refractivity contribution is 5.73. The third kappa shape index (κ3) is 3.91. The normalized spacial score (nSPS) is 10.2. The smallest absolute Gasteiger partial charge is 0.288 e. The van der Waals surface area contributed by atoms with Crippen LogP contribution in [0.15, 0.2) is 54.9 Å². The lowest BCUT2D eigenvalue weighted by Gasteiger charge is -2.07. The van der Waals surface area contributed by atoms with Crippen molar-refractivity contribution in [3.8, 4) is 0 Å². The molecule has 0 radical (unpaired) electrons. The van der Waals surface area contributed by atoms with Crippen LogP contribution in [0, 0.1) is 0 Å². The molecule has 0 saturated carbocycles. The molecule has 2 rings (SSSR count). The molecular weight excluding hydrogens is 236 g/mol. The summed E-state index contributed by atoms with van der Waals surface area (Å²) in [4.78, 5) is 13.2. The quantitative estimate of drug-likeness (QED) is 0.762. The summed E-state index contributed by atoms with van der Waals surface area (Å²) >= 11 is 0. The van der Waals surface area contributed by atoms with E-state index in [0.717, 1.165) is 6.42 Å². The average Bonchev–Trinajstić information content (AvgIpc) is 2.42. The molecule has 0 saturated heterocycles. The Morgan fingerprint density at radius 3 is 2.16 bits per heavy atom. The van der Waals surface area contributed by atoms with Crippen LogP contribution < -0.4 is 4.57 Å². The Labute approximate surface area is 114 Å². The van der Waals surface area contributed by atoms with Gasteiger partial charge in [0.05, 0.1) is 0 Å². The van der Waals surface area contributed by atoms with Crippen molar-refractivity contribution in [2.75, 3.05) is 14.1 Å². The molecule has 0 unspecified atom stereocenters. The zero-order chi connectivity index (χ0) is 13.7. The number of pyridine rings is 1. The van der Waals surface area contributed by atoms with Crippen LogP contribution in [0.4, 0.5) is 0 Å². The van der Waals surface area contributed by atoms with E-state index in [0.29, 0.717) is 6.54 Å². The van der Waals surface area contributed by atoms with Crippen LogP contribution in [0.1, 0.15) is 11.1 Å². The first kappa shape index (κ1) is 13.3. The Balaban J connectivity index is 2.01. The second-order valence-electron chi connectivity index (χ2n) is 4.83. The van der Waals surface area contributed by atoms with Crippen molar-refractivity contribution < 1.29 is 9.36 Å². The topological polar surface area (TPSA) is 24.2 Å². The van der Waals surface area contributed by atoms with Crippen molar-refractivity contribution in [3.05, 3.63) is 66.0 Å². The molecule has 3 nitrogen and oxygen atoms in total. The summed E-state index contributed by atoms with van der Waals surface area (Å²) in [6.45, 7) is 0.388. The van der Waals surface area contributed by atoms with E-state index < -0.39 is 0 Å². The molecule has 0 atom stereocenters. The lowest BCUT2D eigenvalue weighted by molar-refractivity contribution is -0.685. The number of hydrogen-bond acceptors (Lipinski definition) is 1. The van der Waals surface area contributed by atoms with E-state index in [4.69, 9.17) is 0 Å². The summed E-state index contributed by atoms with van der Waals surface area (Å²) < 4.78 is 1.90. The van der Waals surface area contributed by atoms with E-state index in [2.05, 4.69) is 24.3 Å². The second kappa shape index (κ2) is 6.14. The Morgan fingerprint density at radius 1 is 1.00 bits per heavy atom. The molecule has 2 aromatic rings. The third-order valence-electron chi connectivity index (χ3n) is 3.03. The van der Waals surface area contributed by atoms with E-state index in [1.54, 1.807) is 19.0 Å². The van der Waals surface area contributed by atoms with Gasteiger partial charge >= 0.3 is 0 Å². The zero-order valence-electron chi connectivity index (χ0n) is 11.4. The minimum absolute atomic E-state index is 0.0980. The molecular formula is C16H19N2O+. The molecule has 0 aliphatic carbocycles. The number of hydrogen-bond donors (Lipinski definition) is 0. The van der Waals surface area contributed by atoms with Gasteiger partial charge in [0, 0.05) is 26.2 Å². The highest BCUT2D eigenvalue weighted by atomic mass is 16.2. The molecule has 19 heavy (non-hydrogen) atoms. The summed E-state index contributed by atoms with van der Waals surface area (Å²) in [6, 6.07) is 14.5. The van der Waals surface area contributed by atoms with E-state index in [-0.39, 0.29) is 5.91 Å². The van der Waals surface area contributed by atoms with Gasteiger partial charge in [-0.1, -0.05) is 30.3 Å². The number of benzene rings is 1. The first-order valence-electron chi connectivity index (χ1n) is 6.37. The van der Waals surface area contributed by atoms with Gasteiger partial charge < -0.3 is 4.90 Å². The van der Waals surface area contributed by atoms with Crippen LogP contribution >= 0.6 is 0 Å². The van der Waals surface area contributed by atoms with E-state index >= 15 is 0 Å². The second-order valence-corrected chi connectivity index (χ2v) is 4.83. The molecule has 1 amide bonds. The van der Waals surface area contributed by atoms with Gasteiger partial charge in [-0.2, -0.15) is 4.57 Å². The molecule has 3 heteroatoms. The lowest BCUT2D eigenvalue weighted by atomic mass is 10.1. The molecule has 1 aromatic heterocycles. The highest BCUT2D eigenvalue weighted by Gasteiger charge is 2.10. The van der Waals surface area contributed by atoms with Gasteiger partial charge in [-0.3, -0.25) is 4.79 Å². The maximum atomic E-state index is 11.6. The number of rotatable bonds is 4. The van der Waals surface area contributed by atoms with Crippen LogP contribution in [0.2, 0.25) is 0 Å². The van der Waals surface area contributed by atoms with Crippen molar-refractivity contribution in [1.82, 2.24) is 4.90 Å². The molecule has 0 spiro atoms. The molecule has 0 fully saturated rings. The molecule has 98 valence electrons. The Hall–Kier alpha value is -2.16. The van der Waals surface area contributed by atoms with E-state index in [9.17, 15) is 4.79 Å². The van der Waals surface area contributed by atoms with Crippen molar-refractivity contribution in [2.24, 2.45) is 0 Å². The maximum absolute atomic E-state index is 11.6. The first-order valence-corrected chi connectivity index (χ1v) is 6.37. The van der Waals surface area contributed by atoms with Crippen LogP contribution in [0.5, 0.6) is 0 Å². The van der Waals surface area contributed by atoms with Gasteiger partial charge in [0.15, 0.2) is 12.4 Å². The summed E-state index contributed by atoms with van der Waals surface area (Å²) in [6.07, 6.45) is 4.84. The standard InChI is InChI=1S/C16H19N2O/c1-17(2)16(19)13-18-10-8-15(9-11-18)12-14-6-4-3-5-7-14/h3-11H,12-13H2,1-2H3/q+1. The largest absolute Gasteiger partial charge is 0.343 e. The van der Waals surface area contributed by atoms with E-state index in [1.165, 1.54) is 11.1 Å². The summed E-state index contributed by atoms with van der Waals surface area (Å²) in [5, 5.41) is 0. The molecule has 0 aliphatic rings. The zero-order valence-corrected chi connectivity index (χ0v) is 11.4. The van der Waals surface area contributed by atoms with Gasteiger partial charge in [-0.05, 0) is 17.5 Å². The van der Waals surface area contributed by atoms with Gasteiger partial charge in [0.2, 0.25) is 6.54 Å². The van der Waals surface area contributed by atoms with Crippen molar-refractivity contribution in [1.29, 1.82) is 0 Å². The lowest BCUT2D eigenvalue weighted by Crippen LogP contribution is -2.41. The van der Waals surface area contributed by atoms with Gasteiger partial charge in [-0.25, -0.2) is 0 Å². The number of likely N-dealkylation sites (N-methyl/N-ethyl adjacent to an activating group) is 1. The Bertz CT molecular complexity index is 532. The minimum Gasteiger partial charge on any atom is -0.343 e. The number of carbonyl (C=O) groups is 1. The van der Waals surface area contributed by atoms with Crippen molar-refractivity contribution in [2.45, 2.75) is 13.0 Å². The summed E-state index contributed by atoms with van der Waals surface area (Å²) in [7, 11) is 3.54. The van der Waals surface area contributed by atoms with Crippen LogP contribution in [-0.4, -0.2) is 24.9 Å². The Kier molecular flexibility index (Phi) is 4.29. The van der Waals surface area contributed by atoms with Crippen LogP contribution in [0.25, 0.3) is 0 Å². The third-order valence-corrected chi connectivity index (χ3v) is 3.03. The number of carbonyl (C=O) groups excluding carboxylic acids is 1. The van der Waals surface area contributed by atoms with Crippen LogP contribution in [-0.2, 0) is 17.8 Å². The van der Waals surface area contributed by atoms with Gasteiger partial charge in [-0.15, -0.1) is 0 Å². The SMILES string of the molecule is CN(C)C(=O)C[n+]1ccc(Cc2ccccc2)cc1. The van der Waals surface area contributed by atoms with Gasteiger partial charge in [0.1, 0.15) is 0 Å². The number of aromatic nitrogens is 1. The van der Waals surface area contributed by atoms with Gasteiger partial charge in [0.25, 0.3) is 5.91 Å². The fourth-order valence-corrected chi connectivity index (χ4v) is 1.84. The van der Waals surface area contributed by atoms with Crippen molar-refractivity contribution >= 4 is 5.91 Å². The highest BCUT2D eigenvalue weighted by Crippen LogP contribution is 2.07. The van der Waals surface area contributed by atoms with Crippen molar-refractivity contribution in [3.63, 3.8) is 0 Å². The monoisotopic (exact) mass is 255 g/mol. The summed E-state index contributed by atoms with van der Waals surface area (Å²) in [5.41, 5.74) is 2.55. The molecule has 0 N–H and O–H groups in total.